The van der Waals surface area contributed by atoms with Crippen molar-refractivity contribution in [3.8, 4) is 0 Å². The maximum absolute atomic E-state index is 14.4. The highest BCUT2D eigenvalue weighted by atomic mass is 35.5. The summed E-state index contributed by atoms with van der Waals surface area (Å²) in [6, 6.07) is 29.2. The molecule has 4 rings (SSSR count). The van der Waals surface area contributed by atoms with Crippen LogP contribution < -0.4 is 9.62 Å². The second kappa shape index (κ2) is 14.4. The molecule has 1 atom stereocenters. The van der Waals surface area contributed by atoms with Gasteiger partial charge in [0.15, 0.2) is 0 Å². The lowest BCUT2D eigenvalue weighted by Crippen LogP contribution is -2.53. The number of benzene rings is 4. The van der Waals surface area contributed by atoms with Gasteiger partial charge < -0.3 is 10.2 Å². The SMILES string of the molecule is CCNC(=O)[C@H](Cc1ccccc1)N(Cc1ccc(C)cc1)C(=O)CN(c1cc(Cl)ccc1C)S(=O)(=O)c1ccccc1. The number of hydrogen-bond acceptors (Lipinski definition) is 4. The lowest BCUT2D eigenvalue weighted by Gasteiger charge is -2.34. The van der Waals surface area contributed by atoms with Gasteiger partial charge in [0.2, 0.25) is 11.8 Å². The van der Waals surface area contributed by atoms with Gasteiger partial charge in [0.25, 0.3) is 10.0 Å². The summed E-state index contributed by atoms with van der Waals surface area (Å²) in [5, 5.41) is 3.21. The number of rotatable bonds is 12. The lowest BCUT2D eigenvalue weighted by atomic mass is 10.0. The van der Waals surface area contributed by atoms with Gasteiger partial charge in [-0.25, -0.2) is 8.42 Å². The number of amides is 2. The number of likely N-dealkylation sites (N-methyl/N-ethyl adjacent to an activating group) is 1. The Morgan fingerprint density at radius 2 is 1.47 bits per heavy atom. The highest BCUT2D eigenvalue weighted by molar-refractivity contribution is 7.92. The molecule has 0 aromatic heterocycles. The minimum Gasteiger partial charge on any atom is -0.355 e. The van der Waals surface area contributed by atoms with Crippen LogP contribution in [0.1, 0.15) is 29.2 Å². The van der Waals surface area contributed by atoms with Crippen molar-refractivity contribution in [3.05, 3.63) is 130 Å². The summed E-state index contributed by atoms with van der Waals surface area (Å²) in [6.45, 7) is 5.52. The predicted octanol–water partition coefficient (Wildman–Crippen LogP) is 5.93. The summed E-state index contributed by atoms with van der Waals surface area (Å²) in [5.74, 6) is -0.838. The summed E-state index contributed by atoms with van der Waals surface area (Å²) in [5.41, 5.74) is 3.67. The maximum Gasteiger partial charge on any atom is 0.264 e. The Hall–Kier alpha value is -4.14. The molecule has 43 heavy (non-hydrogen) atoms. The Labute approximate surface area is 259 Å². The summed E-state index contributed by atoms with van der Waals surface area (Å²) in [6.07, 6.45) is 0.256. The van der Waals surface area contributed by atoms with Crippen LogP contribution in [0.15, 0.2) is 108 Å². The van der Waals surface area contributed by atoms with Gasteiger partial charge in [0.1, 0.15) is 12.6 Å². The molecule has 4 aromatic rings. The fourth-order valence-electron chi connectivity index (χ4n) is 4.82. The second-order valence-corrected chi connectivity index (χ2v) is 12.7. The van der Waals surface area contributed by atoms with Crippen LogP contribution in [-0.4, -0.2) is 44.3 Å². The van der Waals surface area contributed by atoms with E-state index in [4.69, 9.17) is 11.6 Å². The molecule has 0 fully saturated rings. The van der Waals surface area contributed by atoms with Gasteiger partial charge in [0.05, 0.1) is 10.6 Å². The van der Waals surface area contributed by atoms with Crippen LogP contribution in [0.3, 0.4) is 0 Å². The number of sulfonamides is 1. The molecular weight excluding hydrogens is 582 g/mol. The third-order valence-corrected chi connectivity index (χ3v) is 9.15. The van der Waals surface area contributed by atoms with E-state index in [0.717, 1.165) is 21.0 Å². The molecule has 4 aromatic carbocycles. The van der Waals surface area contributed by atoms with E-state index in [0.29, 0.717) is 17.1 Å². The van der Waals surface area contributed by atoms with Crippen LogP contribution in [0, 0.1) is 13.8 Å². The zero-order chi connectivity index (χ0) is 31.0. The molecule has 9 heteroatoms. The first-order chi connectivity index (χ1) is 20.6. The molecule has 0 bridgehead atoms. The molecule has 0 spiro atoms. The molecule has 0 unspecified atom stereocenters. The number of carbonyl (C=O) groups excluding carboxylic acids is 2. The number of anilines is 1. The van der Waals surface area contributed by atoms with Gasteiger partial charge in [-0.15, -0.1) is 0 Å². The second-order valence-electron chi connectivity index (χ2n) is 10.4. The smallest absolute Gasteiger partial charge is 0.264 e. The molecule has 0 aliphatic rings. The Kier molecular flexibility index (Phi) is 10.6. The average Bonchev–Trinajstić information content (AvgIpc) is 3.01. The Morgan fingerprint density at radius 3 is 2.09 bits per heavy atom. The van der Waals surface area contributed by atoms with Crippen molar-refractivity contribution in [2.75, 3.05) is 17.4 Å². The normalized spacial score (nSPS) is 11.9. The Balaban J connectivity index is 1.81. The van der Waals surface area contributed by atoms with E-state index in [1.54, 1.807) is 43.3 Å². The quantitative estimate of drug-likeness (QED) is 0.214. The number of hydrogen-bond donors (Lipinski definition) is 1. The standard InChI is InChI=1S/C34H36ClN3O4S/c1-4-36-34(40)32(21-27-11-7-5-8-12-27)37(23-28-18-15-25(2)16-19-28)33(39)24-38(31-22-29(35)20-17-26(31)3)43(41,42)30-13-9-6-10-14-30/h5-20,22,32H,4,21,23-24H2,1-3H3,(H,36,40)/t32-/m0/s1. The molecule has 224 valence electrons. The number of carbonyl (C=O) groups is 2. The summed E-state index contributed by atoms with van der Waals surface area (Å²) < 4.78 is 29.2. The van der Waals surface area contributed by atoms with Crippen molar-refractivity contribution < 1.29 is 18.0 Å². The van der Waals surface area contributed by atoms with Gasteiger partial charge in [-0.05, 0) is 61.7 Å². The van der Waals surface area contributed by atoms with Gasteiger partial charge in [-0.3, -0.25) is 13.9 Å². The van der Waals surface area contributed by atoms with Crippen molar-refractivity contribution in [2.45, 2.75) is 44.7 Å². The van der Waals surface area contributed by atoms with E-state index in [-0.39, 0.29) is 29.5 Å². The largest absolute Gasteiger partial charge is 0.355 e. The first-order valence-corrected chi connectivity index (χ1v) is 15.9. The van der Waals surface area contributed by atoms with Crippen LogP contribution in [0.4, 0.5) is 5.69 Å². The minimum absolute atomic E-state index is 0.0387. The highest BCUT2D eigenvalue weighted by Gasteiger charge is 2.35. The first kappa shape index (κ1) is 31.8. The topological polar surface area (TPSA) is 86.8 Å². The number of halogens is 1. The van der Waals surface area contributed by atoms with Crippen LogP contribution >= 0.6 is 11.6 Å². The van der Waals surface area contributed by atoms with Crippen molar-refractivity contribution in [3.63, 3.8) is 0 Å². The van der Waals surface area contributed by atoms with Crippen LogP contribution in [0.25, 0.3) is 0 Å². The van der Waals surface area contributed by atoms with Crippen LogP contribution in [0.5, 0.6) is 0 Å². The van der Waals surface area contributed by atoms with E-state index >= 15 is 0 Å². The van der Waals surface area contributed by atoms with E-state index in [1.807, 2.05) is 68.4 Å². The van der Waals surface area contributed by atoms with Crippen molar-refractivity contribution >= 4 is 39.1 Å². The molecule has 0 aliphatic carbocycles. The van der Waals surface area contributed by atoms with E-state index < -0.39 is 28.5 Å². The van der Waals surface area contributed by atoms with E-state index in [2.05, 4.69) is 5.32 Å². The highest BCUT2D eigenvalue weighted by Crippen LogP contribution is 2.30. The van der Waals surface area contributed by atoms with Crippen molar-refractivity contribution in [1.82, 2.24) is 10.2 Å². The fraction of sp³-hybridized carbons (Fsp3) is 0.235. The summed E-state index contributed by atoms with van der Waals surface area (Å²) in [4.78, 5) is 29.5. The molecule has 2 amide bonds. The molecule has 0 saturated heterocycles. The molecule has 0 heterocycles. The van der Waals surface area contributed by atoms with Crippen LogP contribution in [-0.2, 0) is 32.6 Å². The number of nitrogens with one attached hydrogen (secondary N) is 1. The molecule has 7 nitrogen and oxygen atoms in total. The Bertz CT molecular complexity index is 1650. The van der Waals surface area contributed by atoms with Crippen LogP contribution in [0.2, 0.25) is 5.02 Å². The zero-order valence-electron chi connectivity index (χ0n) is 24.5. The predicted molar refractivity (Wildman–Crippen MR) is 172 cm³/mol. The first-order valence-electron chi connectivity index (χ1n) is 14.1. The Morgan fingerprint density at radius 1 is 0.837 bits per heavy atom. The van der Waals surface area contributed by atoms with Crippen molar-refractivity contribution in [1.29, 1.82) is 0 Å². The molecule has 0 saturated carbocycles. The molecule has 0 radical (unpaired) electrons. The summed E-state index contributed by atoms with van der Waals surface area (Å²) in [7, 11) is -4.19. The maximum atomic E-state index is 14.4. The molecular formula is C34H36ClN3O4S. The number of nitrogens with zero attached hydrogens (tertiary/aromatic N) is 2. The van der Waals surface area contributed by atoms with Gasteiger partial charge >= 0.3 is 0 Å². The third kappa shape index (κ3) is 8.03. The monoisotopic (exact) mass is 617 g/mol. The third-order valence-electron chi connectivity index (χ3n) is 7.15. The van der Waals surface area contributed by atoms with Gasteiger partial charge in [-0.1, -0.05) is 96.0 Å². The lowest BCUT2D eigenvalue weighted by molar-refractivity contribution is -0.140. The van der Waals surface area contributed by atoms with Crippen molar-refractivity contribution in [2.24, 2.45) is 0 Å². The average molecular weight is 618 g/mol. The summed E-state index contributed by atoms with van der Waals surface area (Å²) >= 11 is 6.32. The van der Waals surface area contributed by atoms with Gasteiger partial charge in [0, 0.05) is 24.5 Å². The fourth-order valence-corrected chi connectivity index (χ4v) is 6.48. The zero-order valence-corrected chi connectivity index (χ0v) is 26.1. The van der Waals surface area contributed by atoms with Gasteiger partial charge in [-0.2, -0.15) is 0 Å². The number of aryl methyl sites for hydroxylation is 2. The minimum atomic E-state index is -4.19. The molecule has 1 N–H and O–H groups in total. The van der Waals surface area contributed by atoms with E-state index in [1.165, 1.54) is 17.0 Å². The van der Waals surface area contributed by atoms with E-state index in [9.17, 15) is 18.0 Å². The molecule has 0 aliphatic heterocycles.